The summed E-state index contributed by atoms with van der Waals surface area (Å²) >= 11 is 0. The average Bonchev–Trinajstić information content (AvgIpc) is 2.27. The molecule has 1 heterocycles. The van der Waals surface area contributed by atoms with E-state index in [-0.39, 0.29) is 5.91 Å². The molecule has 0 bridgehead atoms. The molecule has 0 atom stereocenters. The maximum Gasteiger partial charge on any atom is 0.217 e. The van der Waals surface area contributed by atoms with Gasteiger partial charge >= 0.3 is 0 Å². The van der Waals surface area contributed by atoms with Crippen molar-refractivity contribution in [3.63, 3.8) is 0 Å². The van der Waals surface area contributed by atoms with Crippen LogP contribution in [0.2, 0.25) is 0 Å². The number of hydrogen-bond acceptors (Lipinski definition) is 4. The number of rotatable bonds is 7. The van der Waals surface area contributed by atoms with Crippen molar-refractivity contribution in [2.24, 2.45) is 5.73 Å². The first kappa shape index (κ1) is 13.4. The zero-order chi connectivity index (χ0) is 12.7. The van der Waals surface area contributed by atoms with Gasteiger partial charge in [0.05, 0.1) is 12.8 Å². The molecule has 0 fully saturated rings. The van der Waals surface area contributed by atoms with Gasteiger partial charge in [-0.25, -0.2) is 0 Å². The molecule has 0 saturated carbocycles. The van der Waals surface area contributed by atoms with E-state index >= 15 is 0 Å². The summed E-state index contributed by atoms with van der Waals surface area (Å²) < 4.78 is 5.17. The van der Waals surface area contributed by atoms with Gasteiger partial charge in [-0.15, -0.1) is 0 Å². The molecule has 0 aliphatic heterocycles. The average molecular weight is 237 g/mol. The number of nitrogens with two attached hydrogens (primary N) is 1. The van der Waals surface area contributed by atoms with Gasteiger partial charge in [-0.05, 0) is 19.9 Å². The zero-order valence-corrected chi connectivity index (χ0v) is 10.3. The van der Waals surface area contributed by atoms with Gasteiger partial charge in [0.15, 0.2) is 0 Å². The van der Waals surface area contributed by atoms with Crippen LogP contribution in [-0.4, -0.2) is 24.5 Å². The van der Waals surface area contributed by atoms with Gasteiger partial charge in [0, 0.05) is 30.8 Å². The first-order valence-corrected chi connectivity index (χ1v) is 5.62. The smallest absolute Gasteiger partial charge is 0.217 e. The number of aromatic nitrogens is 1. The van der Waals surface area contributed by atoms with E-state index in [2.05, 4.69) is 10.3 Å². The fraction of sp³-hybridized carbons (Fsp3) is 0.500. The van der Waals surface area contributed by atoms with Crippen molar-refractivity contribution < 1.29 is 9.53 Å². The number of ether oxygens (including phenoxy) is 1. The van der Waals surface area contributed by atoms with Crippen LogP contribution in [0, 0.1) is 6.92 Å². The van der Waals surface area contributed by atoms with Gasteiger partial charge in [0.2, 0.25) is 5.91 Å². The first-order valence-electron chi connectivity index (χ1n) is 5.62. The Bertz CT molecular complexity index is 380. The summed E-state index contributed by atoms with van der Waals surface area (Å²) in [5, 5.41) is 3.21. The second-order valence-corrected chi connectivity index (χ2v) is 3.89. The fourth-order valence-corrected chi connectivity index (χ4v) is 1.52. The van der Waals surface area contributed by atoms with E-state index in [0.717, 1.165) is 30.1 Å². The summed E-state index contributed by atoms with van der Waals surface area (Å²) in [6.45, 7) is 3.34. The minimum absolute atomic E-state index is 0.262. The second-order valence-electron chi connectivity index (χ2n) is 3.89. The topological polar surface area (TPSA) is 77.2 Å². The summed E-state index contributed by atoms with van der Waals surface area (Å²) in [6, 6.07) is 3.78. The monoisotopic (exact) mass is 237 g/mol. The van der Waals surface area contributed by atoms with Crippen LogP contribution >= 0.6 is 0 Å². The van der Waals surface area contributed by atoms with Crippen molar-refractivity contribution in [1.82, 2.24) is 10.3 Å². The van der Waals surface area contributed by atoms with E-state index in [9.17, 15) is 4.79 Å². The number of nitrogens with zero attached hydrogens (tertiary/aromatic N) is 1. The summed E-state index contributed by atoms with van der Waals surface area (Å²) in [5.74, 6) is 0.550. The van der Waals surface area contributed by atoms with Crippen molar-refractivity contribution in [1.29, 1.82) is 0 Å². The third-order valence-electron chi connectivity index (χ3n) is 2.30. The largest absolute Gasteiger partial charge is 0.497 e. The molecule has 17 heavy (non-hydrogen) atoms. The van der Waals surface area contributed by atoms with Crippen LogP contribution in [0.1, 0.15) is 24.2 Å². The van der Waals surface area contributed by atoms with E-state index in [1.54, 1.807) is 7.11 Å². The lowest BCUT2D eigenvalue weighted by molar-refractivity contribution is -0.118. The number of hydrogen-bond donors (Lipinski definition) is 2. The molecular formula is C12H19N3O2. The number of carbonyl (C=O) groups is 1. The standard InChI is InChI=1S/C12H19N3O2/c1-9-6-11(17-2)7-10(15-9)8-14-5-3-4-12(13)16/h6-7,14H,3-5,8H2,1-2H3,(H2,13,16). The predicted molar refractivity (Wildman–Crippen MR) is 65.7 cm³/mol. The van der Waals surface area contributed by atoms with Gasteiger partial charge < -0.3 is 15.8 Å². The molecule has 0 aliphatic rings. The normalized spacial score (nSPS) is 10.2. The van der Waals surface area contributed by atoms with E-state index in [1.807, 2.05) is 19.1 Å². The van der Waals surface area contributed by atoms with Crippen LogP contribution in [0.15, 0.2) is 12.1 Å². The van der Waals surface area contributed by atoms with Crippen molar-refractivity contribution in [2.45, 2.75) is 26.3 Å². The van der Waals surface area contributed by atoms with E-state index in [1.165, 1.54) is 0 Å². The Hall–Kier alpha value is -1.62. The van der Waals surface area contributed by atoms with E-state index < -0.39 is 0 Å². The molecule has 1 aromatic heterocycles. The Morgan fingerprint density at radius 2 is 2.29 bits per heavy atom. The minimum Gasteiger partial charge on any atom is -0.497 e. The Balaban J connectivity index is 2.36. The third-order valence-corrected chi connectivity index (χ3v) is 2.30. The van der Waals surface area contributed by atoms with Gasteiger partial charge in [0.25, 0.3) is 0 Å². The molecular weight excluding hydrogens is 218 g/mol. The summed E-state index contributed by atoms with van der Waals surface area (Å²) in [6.07, 6.45) is 1.16. The summed E-state index contributed by atoms with van der Waals surface area (Å²) in [4.78, 5) is 14.9. The third kappa shape index (κ3) is 5.31. The molecule has 94 valence electrons. The molecule has 3 N–H and O–H groups in total. The maximum atomic E-state index is 10.5. The lowest BCUT2D eigenvalue weighted by atomic mass is 10.2. The van der Waals surface area contributed by atoms with Crippen molar-refractivity contribution in [2.75, 3.05) is 13.7 Å². The molecule has 1 rings (SSSR count). The Labute approximate surface area is 101 Å². The van der Waals surface area contributed by atoms with Gasteiger partial charge in [-0.3, -0.25) is 9.78 Å². The molecule has 5 nitrogen and oxygen atoms in total. The number of methoxy groups -OCH3 is 1. The number of aryl methyl sites for hydroxylation is 1. The molecule has 5 heteroatoms. The summed E-state index contributed by atoms with van der Waals surface area (Å²) in [7, 11) is 1.64. The van der Waals surface area contributed by atoms with Crippen LogP contribution < -0.4 is 15.8 Å². The maximum absolute atomic E-state index is 10.5. The van der Waals surface area contributed by atoms with Gasteiger partial charge in [-0.1, -0.05) is 0 Å². The number of carbonyl (C=O) groups excluding carboxylic acids is 1. The zero-order valence-electron chi connectivity index (χ0n) is 10.3. The molecule has 0 aromatic carbocycles. The van der Waals surface area contributed by atoms with Gasteiger partial charge in [0.1, 0.15) is 5.75 Å². The highest BCUT2D eigenvalue weighted by Gasteiger charge is 2.00. The van der Waals surface area contributed by atoms with Crippen LogP contribution in [0.3, 0.4) is 0 Å². The number of nitrogens with one attached hydrogen (secondary N) is 1. The Kier molecular flexibility index (Phi) is 5.42. The van der Waals surface area contributed by atoms with Crippen molar-refractivity contribution >= 4 is 5.91 Å². The SMILES string of the molecule is COc1cc(C)nc(CNCCCC(N)=O)c1. The molecule has 1 aromatic rings. The quantitative estimate of drug-likeness (QED) is 0.686. The molecule has 0 spiro atoms. The summed E-state index contributed by atoms with van der Waals surface area (Å²) in [5.41, 5.74) is 6.91. The van der Waals surface area contributed by atoms with Crippen LogP contribution in [0.4, 0.5) is 0 Å². The second kappa shape index (κ2) is 6.85. The molecule has 0 aliphatic carbocycles. The van der Waals surface area contributed by atoms with E-state index in [4.69, 9.17) is 10.5 Å². The fourth-order valence-electron chi connectivity index (χ4n) is 1.52. The Morgan fingerprint density at radius 1 is 1.53 bits per heavy atom. The lowest BCUT2D eigenvalue weighted by Crippen LogP contribution is -2.18. The highest BCUT2D eigenvalue weighted by Crippen LogP contribution is 2.12. The highest BCUT2D eigenvalue weighted by atomic mass is 16.5. The van der Waals surface area contributed by atoms with E-state index in [0.29, 0.717) is 13.0 Å². The molecule has 1 amide bonds. The highest BCUT2D eigenvalue weighted by molar-refractivity contribution is 5.73. The van der Waals surface area contributed by atoms with Gasteiger partial charge in [-0.2, -0.15) is 0 Å². The predicted octanol–water partition coefficient (Wildman–Crippen LogP) is 0.754. The first-order chi connectivity index (χ1) is 8.11. The molecule has 0 unspecified atom stereocenters. The van der Waals surface area contributed by atoms with Crippen LogP contribution in [0.25, 0.3) is 0 Å². The van der Waals surface area contributed by atoms with Crippen LogP contribution in [0.5, 0.6) is 5.75 Å². The van der Waals surface area contributed by atoms with Crippen molar-refractivity contribution in [3.05, 3.63) is 23.5 Å². The van der Waals surface area contributed by atoms with Crippen LogP contribution in [-0.2, 0) is 11.3 Å². The number of primary amides is 1. The minimum atomic E-state index is -0.262. The molecule has 0 radical (unpaired) electrons. The Morgan fingerprint density at radius 3 is 2.94 bits per heavy atom. The lowest BCUT2D eigenvalue weighted by Gasteiger charge is -2.07. The number of amides is 1. The number of pyridine rings is 1. The molecule has 0 saturated heterocycles. The van der Waals surface area contributed by atoms with Crippen molar-refractivity contribution in [3.8, 4) is 5.75 Å².